The first kappa shape index (κ1) is 17.1. The Labute approximate surface area is 153 Å². The maximum Gasteiger partial charge on any atom is 0.351 e. The standard InChI is InChI=1S/C21H21BNO3/c1-20(2,24)21(3,4)26-22-18-11-15-17(12-23-18)25-16-10-9-13-7-5-6-8-14(13)19(15)16/h5-12,24H,1-4H3. The number of aromatic nitrogens is 1. The molecule has 0 bridgehead atoms. The maximum absolute atomic E-state index is 10.2. The van der Waals surface area contributed by atoms with Crippen molar-refractivity contribution in [2.45, 2.75) is 38.9 Å². The Morgan fingerprint density at radius 2 is 1.77 bits per heavy atom. The molecule has 0 amide bonds. The molecule has 1 radical (unpaired) electrons. The van der Waals surface area contributed by atoms with Gasteiger partial charge >= 0.3 is 7.48 Å². The topological polar surface area (TPSA) is 55.5 Å². The van der Waals surface area contributed by atoms with Gasteiger partial charge in [-0.3, -0.25) is 4.98 Å². The highest BCUT2D eigenvalue weighted by atomic mass is 16.5. The smallest absolute Gasteiger partial charge is 0.351 e. The van der Waals surface area contributed by atoms with Crippen LogP contribution in [0, 0.1) is 0 Å². The third-order valence-electron chi connectivity index (χ3n) is 5.22. The minimum atomic E-state index is -0.980. The van der Waals surface area contributed by atoms with Crippen molar-refractivity contribution in [2.75, 3.05) is 0 Å². The van der Waals surface area contributed by atoms with E-state index in [1.165, 1.54) is 5.39 Å². The molecule has 0 aliphatic carbocycles. The Bertz CT molecular complexity index is 1110. The summed E-state index contributed by atoms with van der Waals surface area (Å²) in [5.74, 6) is 0. The first-order valence-electron chi connectivity index (χ1n) is 8.70. The normalized spacial score (nSPS) is 13.0. The van der Waals surface area contributed by atoms with Crippen molar-refractivity contribution < 1.29 is 14.2 Å². The number of furan rings is 1. The van der Waals surface area contributed by atoms with Crippen LogP contribution in [0.2, 0.25) is 0 Å². The van der Waals surface area contributed by atoms with Crippen molar-refractivity contribution in [3.05, 3.63) is 48.7 Å². The molecule has 0 spiro atoms. The SMILES string of the molecule is CC(C)(O)C(C)(C)O[B]c1cc2c(cn1)oc1ccc3ccccc3c12. The zero-order valence-corrected chi connectivity index (χ0v) is 15.4. The van der Waals surface area contributed by atoms with Crippen molar-refractivity contribution in [1.29, 1.82) is 0 Å². The molecule has 1 N–H and O–H groups in total. The van der Waals surface area contributed by atoms with Crippen LogP contribution in [0.15, 0.2) is 53.1 Å². The number of rotatable bonds is 4. The van der Waals surface area contributed by atoms with Crippen LogP contribution < -0.4 is 5.59 Å². The van der Waals surface area contributed by atoms with E-state index in [1.807, 2.05) is 38.1 Å². The van der Waals surface area contributed by atoms with E-state index in [2.05, 4.69) is 23.2 Å². The van der Waals surface area contributed by atoms with Crippen LogP contribution in [0.4, 0.5) is 0 Å². The summed E-state index contributed by atoms with van der Waals surface area (Å²) in [5, 5.41) is 14.6. The number of pyridine rings is 1. The van der Waals surface area contributed by atoms with E-state index < -0.39 is 11.2 Å². The quantitative estimate of drug-likeness (QED) is 0.569. The molecule has 0 aliphatic rings. The van der Waals surface area contributed by atoms with Crippen LogP contribution >= 0.6 is 0 Å². The molecule has 2 aromatic carbocycles. The molecular weight excluding hydrogens is 325 g/mol. The largest absolute Gasteiger partial charge is 0.454 e. The zero-order chi connectivity index (χ0) is 18.5. The summed E-state index contributed by atoms with van der Waals surface area (Å²) < 4.78 is 11.8. The Balaban J connectivity index is 1.79. The summed E-state index contributed by atoms with van der Waals surface area (Å²) in [4.78, 5) is 4.41. The Morgan fingerprint density at radius 3 is 2.54 bits per heavy atom. The molecule has 2 heterocycles. The van der Waals surface area contributed by atoms with Gasteiger partial charge in [-0.05, 0) is 50.6 Å². The molecule has 0 atom stereocenters. The average molecular weight is 346 g/mol. The van der Waals surface area contributed by atoms with Gasteiger partial charge in [0.2, 0.25) is 0 Å². The second-order valence-electron chi connectivity index (χ2n) is 7.67. The van der Waals surface area contributed by atoms with Crippen LogP contribution in [0.3, 0.4) is 0 Å². The van der Waals surface area contributed by atoms with Crippen molar-refractivity contribution in [3.8, 4) is 0 Å². The summed E-state index contributed by atoms with van der Waals surface area (Å²) in [7, 11) is 1.60. The molecule has 0 aliphatic heterocycles. The highest BCUT2D eigenvalue weighted by molar-refractivity contribution is 6.46. The van der Waals surface area contributed by atoms with Gasteiger partial charge in [0.15, 0.2) is 5.58 Å². The molecule has 5 heteroatoms. The monoisotopic (exact) mass is 346 g/mol. The summed E-state index contributed by atoms with van der Waals surface area (Å²) in [5.41, 5.74) is 0.553. The van der Waals surface area contributed by atoms with Gasteiger partial charge in [0.05, 0.1) is 17.4 Å². The van der Waals surface area contributed by atoms with Crippen LogP contribution in [-0.4, -0.2) is 28.8 Å². The van der Waals surface area contributed by atoms with Gasteiger partial charge in [0.25, 0.3) is 0 Å². The first-order valence-corrected chi connectivity index (χ1v) is 8.70. The van der Waals surface area contributed by atoms with Crippen molar-refractivity contribution in [2.24, 2.45) is 0 Å². The van der Waals surface area contributed by atoms with Crippen LogP contribution in [-0.2, 0) is 4.65 Å². The van der Waals surface area contributed by atoms with E-state index in [0.29, 0.717) is 5.59 Å². The minimum absolute atomic E-state index is 0.686. The molecule has 0 unspecified atom stereocenters. The molecule has 4 nitrogen and oxygen atoms in total. The zero-order valence-electron chi connectivity index (χ0n) is 15.4. The number of fused-ring (bicyclic) bond motifs is 5. The third kappa shape index (κ3) is 2.77. The number of aliphatic hydroxyl groups is 1. The Hall–Kier alpha value is -2.37. The molecule has 0 saturated carbocycles. The van der Waals surface area contributed by atoms with Crippen LogP contribution in [0.25, 0.3) is 32.7 Å². The van der Waals surface area contributed by atoms with Gasteiger partial charge in [-0.25, -0.2) is 0 Å². The number of benzene rings is 2. The van der Waals surface area contributed by atoms with Gasteiger partial charge < -0.3 is 14.2 Å². The summed E-state index contributed by atoms with van der Waals surface area (Å²) in [6.07, 6.45) is 1.72. The van der Waals surface area contributed by atoms with Crippen molar-refractivity contribution in [3.63, 3.8) is 0 Å². The predicted octanol–water partition coefficient (Wildman–Crippen LogP) is 3.94. The molecule has 4 rings (SSSR count). The molecule has 26 heavy (non-hydrogen) atoms. The van der Waals surface area contributed by atoms with E-state index in [-0.39, 0.29) is 0 Å². The lowest BCUT2D eigenvalue weighted by atomic mass is 9.84. The molecular formula is C21H21BNO3. The van der Waals surface area contributed by atoms with E-state index in [0.717, 1.165) is 27.3 Å². The van der Waals surface area contributed by atoms with Crippen LogP contribution in [0.5, 0.6) is 0 Å². The third-order valence-corrected chi connectivity index (χ3v) is 5.22. The van der Waals surface area contributed by atoms with Gasteiger partial charge in [-0.2, -0.15) is 0 Å². The number of nitrogens with zero attached hydrogens (tertiary/aromatic N) is 1. The van der Waals surface area contributed by atoms with Gasteiger partial charge in [0, 0.05) is 16.4 Å². The lowest BCUT2D eigenvalue weighted by Gasteiger charge is -2.37. The van der Waals surface area contributed by atoms with E-state index in [1.54, 1.807) is 27.5 Å². The minimum Gasteiger partial charge on any atom is -0.454 e. The second-order valence-corrected chi connectivity index (χ2v) is 7.67. The summed E-state index contributed by atoms with van der Waals surface area (Å²) in [6, 6.07) is 14.3. The number of hydrogen-bond donors (Lipinski definition) is 1. The number of hydrogen-bond acceptors (Lipinski definition) is 4. The fourth-order valence-electron chi connectivity index (χ4n) is 2.88. The summed E-state index contributed by atoms with van der Waals surface area (Å²) >= 11 is 0. The second kappa shape index (κ2) is 5.83. The van der Waals surface area contributed by atoms with Gasteiger partial charge in [-0.1, -0.05) is 30.3 Å². The summed E-state index contributed by atoms with van der Waals surface area (Å²) in [6.45, 7) is 7.16. The Morgan fingerprint density at radius 1 is 1.00 bits per heavy atom. The van der Waals surface area contributed by atoms with E-state index >= 15 is 0 Å². The lowest BCUT2D eigenvalue weighted by Crippen LogP contribution is -2.49. The maximum atomic E-state index is 10.2. The highest BCUT2D eigenvalue weighted by Gasteiger charge is 2.35. The fourth-order valence-corrected chi connectivity index (χ4v) is 2.88. The lowest BCUT2D eigenvalue weighted by molar-refractivity contribution is -0.0893. The van der Waals surface area contributed by atoms with Gasteiger partial charge in [-0.15, -0.1) is 0 Å². The van der Waals surface area contributed by atoms with E-state index in [4.69, 9.17) is 9.07 Å². The van der Waals surface area contributed by atoms with Crippen molar-refractivity contribution in [1.82, 2.24) is 4.98 Å². The van der Waals surface area contributed by atoms with Crippen molar-refractivity contribution >= 4 is 45.8 Å². The first-order chi connectivity index (χ1) is 12.3. The Kier molecular flexibility index (Phi) is 3.83. The molecule has 2 aromatic heterocycles. The molecule has 4 aromatic rings. The average Bonchev–Trinajstić information content (AvgIpc) is 2.97. The molecule has 0 fully saturated rings. The van der Waals surface area contributed by atoms with Gasteiger partial charge in [0.1, 0.15) is 5.58 Å². The molecule has 0 saturated heterocycles. The predicted molar refractivity (Wildman–Crippen MR) is 106 cm³/mol. The highest BCUT2D eigenvalue weighted by Crippen LogP contribution is 2.33. The van der Waals surface area contributed by atoms with Crippen LogP contribution in [0.1, 0.15) is 27.7 Å². The fraction of sp³-hybridized carbons (Fsp3) is 0.286. The van der Waals surface area contributed by atoms with E-state index in [9.17, 15) is 5.11 Å². The molecule has 131 valence electrons.